The summed E-state index contributed by atoms with van der Waals surface area (Å²) >= 11 is 1.99. The first-order valence-electron chi connectivity index (χ1n) is 25.4. The fourth-order valence-corrected chi connectivity index (χ4v) is 11.7. The van der Waals surface area contributed by atoms with Gasteiger partial charge in [0.1, 0.15) is 24.9 Å². The number of pyridine rings is 2. The molecule has 9 rings (SSSR count). The highest BCUT2D eigenvalue weighted by Crippen LogP contribution is 2.45. The lowest BCUT2D eigenvalue weighted by atomic mass is 9.86. The maximum atomic E-state index is 16.5. The van der Waals surface area contributed by atoms with Gasteiger partial charge in [-0.2, -0.15) is 0 Å². The Hall–Kier alpha value is -6.21. The predicted octanol–water partition coefficient (Wildman–Crippen LogP) is 2.44. The van der Waals surface area contributed by atoms with Crippen molar-refractivity contribution in [2.24, 2.45) is 10.8 Å². The average molecular weight is 1230 g/mol. The van der Waals surface area contributed by atoms with Gasteiger partial charge in [-0.3, -0.25) is 24.2 Å². The Labute approximate surface area is 466 Å². The maximum absolute atomic E-state index is 16.5. The fraction of sp³-hybridized carbons (Fsp3) is 0.500. The second kappa shape index (κ2) is 22.4. The van der Waals surface area contributed by atoms with Gasteiger partial charge in [-0.25, -0.2) is 14.2 Å². The number of rotatable bonds is 20. The molecule has 24 nitrogen and oxygen atoms in total. The van der Waals surface area contributed by atoms with Gasteiger partial charge >= 0.3 is 22.3 Å². The van der Waals surface area contributed by atoms with E-state index < -0.39 is 93.3 Å². The molecule has 6 heterocycles. The molecule has 2 aromatic heterocycles. The number of ether oxygens (including phenoxy) is 4. The van der Waals surface area contributed by atoms with Crippen molar-refractivity contribution in [2.75, 3.05) is 44.3 Å². The SMILES string of the molecule is CC[C@H]1C(=O)OCc2c1cc1n(c2=O)Cc2c-1nc1cc(F)c(OS(=O)(=O)Oc3cc(C(=O)N(C)CC(C)(C)COCC(C)(C)CN4C=C(CNC(=O)CI)NN4)ccc3O[C@@H]3O[C@H](C(=O)O)[C@@H](O)[C@H](O)[C@H]3O)c3c1c2CCC3. The van der Waals surface area contributed by atoms with E-state index >= 15 is 4.39 Å². The zero-order valence-electron chi connectivity index (χ0n) is 44.0. The summed E-state index contributed by atoms with van der Waals surface area (Å²) in [6.45, 7) is 11.1. The number of hydrazine groups is 2. The number of cyclic esters (lactones) is 1. The highest BCUT2D eigenvalue weighted by atomic mass is 127. The van der Waals surface area contributed by atoms with Crippen LogP contribution in [-0.2, 0) is 65.0 Å². The second-order valence-corrected chi connectivity index (χ2v) is 23.7. The number of aliphatic carboxylic acids is 1. The van der Waals surface area contributed by atoms with Gasteiger partial charge in [-0.05, 0) is 61.1 Å². The fourth-order valence-electron chi connectivity index (χ4n) is 10.6. The van der Waals surface area contributed by atoms with E-state index in [1.807, 2.05) is 68.4 Å². The van der Waals surface area contributed by atoms with Gasteiger partial charge in [-0.1, -0.05) is 57.2 Å². The Kier molecular flexibility index (Phi) is 16.3. The van der Waals surface area contributed by atoms with Crippen LogP contribution in [-0.4, -0.2) is 147 Å². The van der Waals surface area contributed by atoms with Gasteiger partial charge in [0.2, 0.25) is 12.2 Å². The van der Waals surface area contributed by atoms with Gasteiger partial charge in [0.05, 0.1) is 64.8 Å². The molecule has 4 aromatic rings. The largest absolute Gasteiger partial charge is 0.501 e. The molecule has 426 valence electrons. The lowest BCUT2D eigenvalue weighted by molar-refractivity contribution is -0.271. The number of carbonyl (C=O) groups excluding carboxylic acids is 3. The van der Waals surface area contributed by atoms with E-state index in [1.165, 1.54) is 22.6 Å². The van der Waals surface area contributed by atoms with E-state index in [9.17, 15) is 52.8 Å². The van der Waals surface area contributed by atoms with Crippen molar-refractivity contribution in [3.63, 3.8) is 0 Å². The van der Waals surface area contributed by atoms with E-state index in [0.29, 0.717) is 82.4 Å². The third-order valence-electron chi connectivity index (χ3n) is 14.3. The average Bonchev–Trinajstić information content (AvgIpc) is 4.25. The van der Waals surface area contributed by atoms with E-state index in [4.69, 9.17) is 32.3 Å². The van der Waals surface area contributed by atoms with E-state index in [0.717, 1.165) is 23.9 Å². The number of aryl methyl sites for hydroxylation is 2. The molecule has 1 fully saturated rings. The number of fused-ring (bicyclic) bond motifs is 5. The summed E-state index contributed by atoms with van der Waals surface area (Å²) in [5.41, 5.74) is 8.82. The summed E-state index contributed by atoms with van der Waals surface area (Å²) in [6, 6.07) is 6.05. The predicted molar refractivity (Wildman–Crippen MR) is 285 cm³/mol. The third-order valence-corrected chi connectivity index (χ3v) is 15.7. The molecule has 0 saturated carbocycles. The van der Waals surface area contributed by atoms with Crippen LogP contribution < -0.4 is 34.9 Å². The number of hydrogen-bond donors (Lipinski definition) is 7. The number of carboxylic acid groups (broad SMARTS) is 1. The van der Waals surface area contributed by atoms with Crippen molar-refractivity contribution in [3.8, 4) is 28.6 Å². The van der Waals surface area contributed by atoms with Gasteiger partial charge in [0.25, 0.3) is 11.5 Å². The Balaban J connectivity index is 0.956. The summed E-state index contributed by atoms with van der Waals surface area (Å²) in [4.78, 5) is 70.6. The maximum Gasteiger partial charge on any atom is 0.501 e. The first-order valence-corrected chi connectivity index (χ1v) is 28.3. The highest BCUT2D eigenvalue weighted by Gasteiger charge is 2.49. The minimum atomic E-state index is -5.42. The highest BCUT2D eigenvalue weighted by molar-refractivity contribution is 14.1. The molecular formula is C52H61FIN7O17S. The molecule has 7 N–H and O–H groups in total. The van der Waals surface area contributed by atoms with Crippen molar-refractivity contribution < 1.29 is 79.7 Å². The number of carbonyl (C=O) groups is 4. The molecule has 4 aliphatic heterocycles. The number of halogens is 2. The molecule has 0 spiro atoms. The lowest BCUT2D eigenvalue weighted by Crippen LogP contribution is -2.61. The number of aromatic nitrogens is 2. The van der Waals surface area contributed by atoms with Gasteiger partial charge in [0, 0.05) is 65.3 Å². The number of esters is 1. The van der Waals surface area contributed by atoms with Crippen molar-refractivity contribution in [2.45, 2.75) is 110 Å². The molecule has 79 heavy (non-hydrogen) atoms. The number of hydrogen-bond acceptors (Lipinski definition) is 20. The molecule has 6 atom stereocenters. The minimum absolute atomic E-state index is 0.0852. The first kappa shape index (κ1) is 57.5. The second-order valence-electron chi connectivity index (χ2n) is 21.8. The van der Waals surface area contributed by atoms with Crippen molar-refractivity contribution in [1.82, 2.24) is 35.7 Å². The topological polar surface area (TPSA) is 316 Å². The molecule has 2 aromatic carbocycles. The van der Waals surface area contributed by atoms with E-state index in [1.54, 1.807) is 6.07 Å². The molecule has 2 amide bonds. The monoisotopic (exact) mass is 1230 g/mol. The summed E-state index contributed by atoms with van der Waals surface area (Å²) in [5, 5.41) is 46.4. The summed E-state index contributed by atoms with van der Waals surface area (Å²) < 4.78 is 80.2. The number of benzene rings is 2. The number of carboxylic acids is 1. The number of aliphatic hydroxyl groups excluding tert-OH is 3. The van der Waals surface area contributed by atoms with Gasteiger partial charge < -0.3 is 67.9 Å². The summed E-state index contributed by atoms with van der Waals surface area (Å²) in [6.07, 6.45) is -7.18. The van der Waals surface area contributed by atoms with Crippen LogP contribution in [0.2, 0.25) is 0 Å². The number of alkyl halides is 1. The zero-order valence-corrected chi connectivity index (χ0v) is 46.9. The first-order chi connectivity index (χ1) is 37.3. The zero-order chi connectivity index (χ0) is 57.0. The van der Waals surface area contributed by atoms with E-state index in [-0.39, 0.29) is 66.2 Å². The van der Waals surface area contributed by atoms with Gasteiger partial charge in [-0.15, -0.1) is 14.0 Å². The molecule has 1 aliphatic carbocycles. The number of nitrogens with zero attached hydrogens (tertiary/aromatic N) is 4. The molecule has 0 bridgehead atoms. The van der Waals surface area contributed by atoms with E-state index in [2.05, 4.69) is 16.3 Å². The quantitative estimate of drug-likeness (QED) is 0.0334. The Morgan fingerprint density at radius 2 is 1.71 bits per heavy atom. The number of amides is 2. The Bertz CT molecular complexity index is 3340. The molecule has 1 saturated heterocycles. The molecular weight excluding hydrogens is 1170 g/mol. The number of aliphatic hydroxyl groups is 3. The molecule has 0 radical (unpaired) electrons. The van der Waals surface area contributed by atoms with Crippen LogP contribution in [0, 0.1) is 16.6 Å². The van der Waals surface area contributed by atoms with Crippen LogP contribution >= 0.6 is 22.6 Å². The van der Waals surface area contributed by atoms with Gasteiger partial charge in [0.15, 0.2) is 29.2 Å². The standard InChI is InChI=1S/C52H61FIN7O17S/c1-7-27-30-14-35-40-31(19-61(35)47(67)32(30)20-74-49(27)70)28-9-8-10-29-39(28)34(56-40)15-33(53)44(29)78-79(71,72)77-37-13-25(11-12-36(37)75-50-43(65)41(63)42(64)45(76-50)48(68)69)46(66)59(6)21-51(2,3)23-73-24-52(4,5)22-60-18-26(57-58-60)17-55-38(62)16-54/h11-15,18,27,41-43,45,50,57-58,63-65H,7-10,16-17,19-24H2,1-6H3,(H,55,62)(H,68,69)/t27-,41+,42+,43-,45+,50-/m1/s1. The Morgan fingerprint density at radius 3 is 2.43 bits per heavy atom. The van der Waals surface area contributed by atoms with Crippen molar-refractivity contribution in [1.29, 1.82) is 0 Å². The van der Waals surface area contributed by atoms with Crippen LogP contribution in [0.4, 0.5) is 4.39 Å². The lowest BCUT2D eigenvalue weighted by Gasteiger charge is -2.38. The van der Waals surface area contributed by atoms with Crippen LogP contribution in [0.15, 0.2) is 47.0 Å². The third kappa shape index (κ3) is 11.8. The summed E-state index contributed by atoms with van der Waals surface area (Å²) in [7, 11) is -3.91. The smallest absolute Gasteiger partial charge is 0.479 e. The van der Waals surface area contributed by atoms with Crippen LogP contribution in [0.5, 0.6) is 17.2 Å². The molecule has 5 aliphatic rings. The molecule has 27 heteroatoms. The Morgan fingerprint density at radius 1 is 0.975 bits per heavy atom. The summed E-state index contributed by atoms with van der Waals surface area (Å²) in [5.74, 6) is -6.71. The van der Waals surface area contributed by atoms with Crippen molar-refractivity contribution in [3.05, 3.63) is 91.8 Å². The van der Waals surface area contributed by atoms with Crippen LogP contribution in [0.25, 0.3) is 22.3 Å². The molecule has 0 unspecified atom stereocenters. The normalized spacial score (nSPS) is 21.5. The number of nitrogens with one attached hydrogen (secondary N) is 3. The minimum Gasteiger partial charge on any atom is -0.479 e. The van der Waals surface area contributed by atoms with Crippen molar-refractivity contribution >= 4 is 67.6 Å². The van der Waals surface area contributed by atoms with Crippen LogP contribution in [0.3, 0.4) is 0 Å². The van der Waals surface area contributed by atoms with Crippen LogP contribution in [0.1, 0.15) is 91.6 Å².